The highest BCUT2D eigenvalue weighted by molar-refractivity contribution is 5.75. The summed E-state index contributed by atoms with van der Waals surface area (Å²) in [6.45, 7) is 4.73. The summed E-state index contributed by atoms with van der Waals surface area (Å²) in [7, 11) is 0. The smallest absolute Gasteiger partial charge is 0.0839 e. The molecule has 0 amide bonds. The molecule has 1 aromatic rings. The van der Waals surface area contributed by atoms with Gasteiger partial charge in [-0.2, -0.15) is 5.10 Å². The van der Waals surface area contributed by atoms with Gasteiger partial charge in [0.2, 0.25) is 0 Å². The minimum Gasteiger partial charge on any atom is -0.396 e. The molecule has 1 heterocycles. The molecule has 80 valence electrons. The Labute approximate surface area is 89.8 Å². The summed E-state index contributed by atoms with van der Waals surface area (Å²) in [6.07, 6.45) is 6.55. The molecule has 0 spiro atoms. The number of aromatic nitrogens is 2. The summed E-state index contributed by atoms with van der Waals surface area (Å²) >= 11 is 0. The van der Waals surface area contributed by atoms with E-state index in [0.29, 0.717) is 11.3 Å². The first-order valence-corrected chi connectivity index (χ1v) is 5.60. The first-order valence-electron chi connectivity index (χ1n) is 5.60. The second-order valence-electron chi connectivity index (χ2n) is 5.40. The second-order valence-corrected chi connectivity index (χ2v) is 5.40. The highest BCUT2D eigenvalue weighted by atomic mass is 15.1. The number of H-pyrrole nitrogens is 1. The number of nitrogens with one attached hydrogen (secondary N) is 1. The Morgan fingerprint density at radius 1 is 1.53 bits per heavy atom. The van der Waals surface area contributed by atoms with E-state index in [1.54, 1.807) is 6.20 Å². The third-order valence-electron chi connectivity index (χ3n) is 4.43. The Morgan fingerprint density at radius 2 is 2.33 bits per heavy atom. The first kappa shape index (κ1) is 9.01. The summed E-state index contributed by atoms with van der Waals surface area (Å²) in [5, 5.41) is 7.03. The van der Waals surface area contributed by atoms with Crippen LogP contribution in [0.1, 0.15) is 32.4 Å². The molecule has 3 N–H and O–H groups in total. The number of nitrogens with two attached hydrogens (primary N) is 1. The zero-order valence-corrected chi connectivity index (χ0v) is 9.25. The van der Waals surface area contributed by atoms with E-state index >= 15 is 0 Å². The fourth-order valence-electron chi connectivity index (χ4n) is 3.16. The van der Waals surface area contributed by atoms with Crippen LogP contribution in [0.4, 0.5) is 5.69 Å². The first-order chi connectivity index (χ1) is 7.10. The van der Waals surface area contributed by atoms with Crippen LogP contribution in [-0.2, 0) is 0 Å². The molecular weight excluding hydrogens is 186 g/mol. The van der Waals surface area contributed by atoms with E-state index in [0.717, 1.165) is 17.3 Å². The van der Waals surface area contributed by atoms with Crippen LogP contribution in [0.25, 0.3) is 5.57 Å². The van der Waals surface area contributed by atoms with Gasteiger partial charge in [-0.3, -0.25) is 5.10 Å². The maximum Gasteiger partial charge on any atom is 0.0839 e. The molecule has 3 nitrogen and oxygen atoms in total. The van der Waals surface area contributed by atoms with Gasteiger partial charge in [0.15, 0.2) is 0 Å². The van der Waals surface area contributed by atoms with E-state index in [1.807, 2.05) is 0 Å². The van der Waals surface area contributed by atoms with Crippen LogP contribution >= 0.6 is 0 Å². The molecule has 3 heteroatoms. The highest BCUT2D eigenvalue weighted by Gasteiger charge is 2.51. The van der Waals surface area contributed by atoms with Crippen LogP contribution in [-0.4, -0.2) is 10.2 Å². The lowest BCUT2D eigenvalue weighted by Gasteiger charge is -2.56. The van der Waals surface area contributed by atoms with E-state index in [2.05, 4.69) is 30.1 Å². The van der Waals surface area contributed by atoms with Crippen molar-refractivity contribution < 1.29 is 0 Å². The molecule has 3 aliphatic carbocycles. The lowest BCUT2D eigenvalue weighted by Crippen LogP contribution is -2.47. The van der Waals surface area contributed by atoms with Crippen LogP contribution in [0.3, 0.4) is 0 Å². The van der Waals surface area contributed by atoms with Gasteiger partial charge in [0.1, 0.15) is 0 Å². The van der Waals surface area contributed by atoms with Crippen LogP contribution in [0.2, 0.25) is 0 Å². The monoisotopic (exact) mass is 203 g/mol. The van der Waals surface area contributed by atoms with Gasteiger partial charge in [-0.15, -0.1) is 0 Å². The molecule has 1 saturated carbocycles. The second kappa shape index (κ2) is 2.65. The van der Waals surface area contributed by atoms with E-state index in [1.165, 1.54) is 18.4 Å². The standard InChI is InChI=1S/C12H17N3/c1-12(2)7-3-4-8(9(12)5-7)11-10(13)6-14-15-11/h4,6-7,9H,3,5,13H2,1-2H3,(H,14,15). The van der Waals surface area contributed by atoms with Gasteiger partial charge < -0.3 is 5.73 Å². The Bertz CT molecular complexity index is 428. The number of rotatable bonds is 1. The van der Waals surface area contributed by atoms with Gasteiger partial charge in [0.25, 0.3) is 0 Å². The van der Waals surface area contributed by atoms with Crippen molar-refractivity contribution in [2.45, 2.75) is 26.7 Å². The molecule has 2 bridgehead atoms. The Kier molecular flexibility index (Phi) is 1.59. The van der Waals surface area contributed by atoms with Gasteiger partial charge in [0, 0.05) is 0 Å². The molecule has 1 aromatic heterocycles. The van der Waals surface area contributed by atoms with Crippen molar-refractivity contribution in [1.82, 2.24) is 10.2 Å². The van der Waals surface area contributed by atoms with Crippen LogP contribution in [0.5, 0.6) is 0 Å². The number of anilines is 1. The molecule has 0 saturated heterocycles. The fourth-order valence-corrected chi connectivity index (χ4v) is 3.16. The maximum absolute atomic E-state index is 5.90. The highest BCUT2D eigenvalue weighted by Crippen LogP contribution is 2.61. The third kappa shape index (κ3) is 1.03. The molecule has 15 heavy (non-hydrogen) atoms. The Morgan fingerprint density at radius 3 is 2.87 bits per heavy atom. The minimum atomic E-state index is 0.446. The summed E-state index contributed by atoms with van der Waals surface area (Å²) < 4.78 is 0. The fraction of sp³-hybridized carbons (Fsp3) is 0.583. The largest absolute Gasteiger partial charge is 0.396 e. The van der Waals surface area contributed by atoms with Gasteiger partial charge in [0.05, 0.1) is 17.6 Å². The van der Waals surface area contributed by atoms with Gasteiger partial charge >= 0.3 is 0 Å². The molecule has 0 aromatic carbocycles. The van der Waals surface area contributed by atoms with Crippen molar-refractivity contribution in [2.75, 3.05) is 5.73 Å². The molecule has 0 aliphatic heterocycles. The molecule has 2 unspecified atom stereocenters. The average molecular weight is 203 g/mol. The summed E-state index contributed by atoms with van der Waals surface area (Å²) in [4.78, 5) is 0. The lowest BCUT2D eigenvalue weighted by atomic mass is 9.48. The third-order valence-corrected chi connectivity index (χ3v) is 4.43. The van der Waals surface area contributed by atoms with Crippen molar-refractivity contribution in [3.8, 4) is 0 Å². The Balaban J connectivity index is 2.02. The number of nitrogen functional groups attached to an aromatic ring is 1. The van der Waals surface area contributed by atoms with Crippen molar-refractivity contribution in [1.29, 1.82) is 0 Å². The zero-order valence-electron chi connectivity index (χ0n) is 9.25. The molecule has 1 fully saturated rings. The average Bonchev–Trinajstić information content (AvgIpc) is 2.64. The van der Waals surface area contributed by atoms with Crippen LogP contribution in [0.15, 0.2) is 12.3 Å². The molecule has 0 radical (unpaired) electrons. The van der Waals surface area contributed by atoms with Gasteiger partial charge in [-0.1, -0.05) is 19.9 Å². The van der Waals surface area contributed by atoms with E-state index in [-0.39, 0.29) is 0 Å². The number of aromatic amines is 1. The zero-order chi connectivity index (χ0) is 10.6. The predicted molar refractivity (Wildman–Crippen MR) is 61.0 cm³/mol. The number of nitrogens with zero attached hydrogens (tertiary/aromatic N) is 1. The van der Waals surface area contributed by atoms with Gasteiger partial charge in [-0.25, -0.2) is 0 Å². The quantitative estimate of drug-likeness (QED) is 0.736. The Hall–Kier alpha value is -1.25. The van der Waals surface area contributed by atoms with Crippen LogP contribution < -0.4 is 5.73 Å². The van der Waals surface area contributed by atoms with E-state index in [9.17, 15) is 0 Å². The summed E-state index contributed by atoms with van der Waals surface area (Å²) in [6, 6.07) is 0. The molecular formula is C12H17N3. The van der Waals surface area contributed by atoms with Crippen molar-refractivity contribution >= 4 is 11.3 Å². The SMILES string of the molecule is CC1(C)C2CC=C(c3[nH]ncc3N)C1C2. The van der Waals surface area contributed by atoms with Crippen molar-refractivity contribution in [3.63, 3.8) is 0 Å². The van der Waals surface area contributed by atoms with Crippen molar-refractivity contribution in [2.24, 2.45) is 17.3 Å². The van der Waals surface area contributed by atoms with Crippen molar-refractivity contribution in [3.05, 3.63) is 18.0 Å². The predicted octanol–water partition coefficient (Wildman–Crippen LogP) is 2.44. The number of allylic oxidation sites excluding steroid dienone is 2. The van der Waals surface area contributed by atoms with E-state index < -0.39 is 0 Å². The number of hydrogen-bond acceptors (Lipinski definition) is 2. The topological polar surface area (TPSA) is 54.7 Å². The lowest BCUT2D eigenvalue weighted by molar-refractivity contribution is 0.0111. The molecule has 2 atom stereocenters. The maximum atomic E-state index is 5.90. The number of hydrogen-bond donors (Lipinski definition) is 2. The normalized spacial score (nSPS) is 32.0. The van der Waals surface area contributed by atoms with Crippen LogP contribution in [0, 0.1) is 17.3 Å². The summed E-state index contributed by atoms with van der Waals surface area (Å²) in [5.41, 5.74) is 9.56. The minimum absolute atomic E-state index is 0.446. The molecule has 4 rings (SSSR count). The van der Waals surface area contributed by atoms with E-state index in [4.69, 9.17) is 5.73 Å². The summed E-state index contributed by atoms with van der Waals surface area (Å²) in [5.74, 6) is 1.54. The number of fused-ring (bicyclic) bond motifs is 1. The molecule has 3 aliphatic rings. The van der Waals surface area contributed by atoms with Gasteiger partial charge in [-0.05, 0) is 35.7 Å².